The van der Waals surface area contributed by atoms with Crippen molar-refractivity contribution in [2.45, 2.75) is 39.2 Å². The maximum atomic E-state index is 13.7. The third-order valence-electron chi connectivity index (χ3n) is 7.08. The number of fused-ring (bicyclic) bond motifs is 1. The van der Waals surface area contributed by atoms with Gasteiger partial charge < -0.3 is 14.1 Å². The van der Waals surface area contributed by atoms with Crippen molar-refractivity contribution in [3.8, 4) is 5.75 Å². The van der Waals surface area contributed by atoms with E-state index in [-0.39, 0.29) is 5.82 Å². The van der Waals surface area contributed by atoms with Crippen LogP contribution in [-0.4, -0.2) is 23.9 Å². The average molecular weight is 498 g/mol. The van der Waals surface area contributed by atoms with Gasteiger partial charge in [0.05, 0.1) is 12.6 Å². The van der Waals surface area contributed by atoms with Crippen molar-refractivity contribution in [3.05, 3.63) is 107 Å². The minimum atomic E-state index is -0.446. The summed E-state index contributed by atoms with van der Waals surface area (Å²) in [6.45, 7) is 7.29. The second-order valence-electron chi connectivity index (χ2n) is 10.1. The fourth-order valence-corrected chi connectivity index (χ4v) is 5.15. The van der Waals surface area contributed by atoms with E-state index in [0.29, 0.717) is 17.7 Å². The Morgan fingerprint density at radius 3 is 2.49 bits per heavy atom. The summed E-state index contributed by atoms with van der Waals surface area (Å²) in [6.07, 6.45) is 5.48. The molecule has 1 aliphatic heterocycles. The van der Waals surface area contributed by atoms with Gasteiger partial charge >= 0.3 is 0 Å². The highest BCUT2D eigenvalue weighted by Crippen LogP contribution is 2.44. The van der Waals surface area contributed by atoms with Crippen molar-refractivity contribution in [2.24, 2.45) is 5.92 Å². The van der Waals surface area contributed by atoms with Crippen LogP contribution in [0.15, 0.2) is 71.1 Å². The van der Waals surface area contributed by atoms with Crippen LogP contribution < -0.4 is 9.64 Å². The van der Waals surface area contributed by atoms with Crippen molar-refractivity contribution in [3.63, 3.8) is 0 Å². The van der Waals surface area contributed by atoms with Crippen LogP contribution in [0.4, 0.5) is 10.1 Å². The molecule has 1 aliphatic rings. The average Bonchev–Trinajstić information content (AvgIpc) is 3.35. The van der Waals surface area contributed by atoms with Crippen molar-refractivity contribution < 1.29 is 13.5 Å². The lowest BCUT2D eigenvalue weighted by Crippen LogP contribution is -2.49. The molecule has 4 aromatic rings. The Balaban J connectivity index is 1.48. The third-order valence-corrected chi connectivity index (χ3v) is 7.08. The van der Waals surface area contributed by atoms with Gasteiger partial charge in [-0.1, -0.05) is 44.2 Å². The van der Waals surface area contributed by atoms with Gasteiger partial charge in [0.2, 0.25) is 11.8 Å². The lowest BCUT2D eigenvalue weighted by atomic mass is 9.76. The summed E-state index contributed by atoms with van der Waals surface area (Å²) in [6, 6.07) is 21.6. The molecule has 0 saturated carbocycles. The van der Waals surface area contributed by atoms with Gasteiger partial charge in [0.1, 0.15) is 11.6 Å². The van der Waals surface area contributed by atoms with Crippen LogP contribution in [0.3, 0.4) is 0 Å². The number of ether oxygens (including phenoxy) is 1. The predicted molar refractivity (Wildman–Crippen MR) is 145 cm³/mol. The van der Waals surface area contributed by atoms with E-state index in [4.69, 9.17) is 9.15 Å². The Morgan fingerprint density at radius 2 is 1.78 bits per heavy atom. The fourth-order valence-electron chi connectivity index (χ4n) is 5.15. The van der Waals surface area contributed by atoms with Crippen LogP contribution in [-0.2, 0) is 18.4 Å². The first-order chi connectivity index (χ1) is 17.9. The van der Waals surface area contributed by atoms with Gasteiger partial charge in [-0.05, 0) is 84.0 Å². The van der Waals surface area contributed by atoms with Gasteiger partial charge in [0, 0.05) is 24.7 Å². The number of rotatable bonds is 7. The molecular formula is C31H32FN3O2. The molecule has 0 fully saturated rings. The van der Waals surface area contributed by atoms with Crippen LogP contribution in [0.1, 0.15) is 54.8 Å². The molecule has 1 unspecified atom stereocenters. The number of halogens is 1. The maximum absolute atomic E-state index is 13.7. The zero-order valence-electron chi connectivity index (χ0n) is 21.7. The van der Waals surface area contributed by atoms with Gasteiger partial charge in [0.15, 0.2) is 0 Å². The van der Waals surface area contributed by atoms with E-state index >= 15 is 0 Å². The zero-order valence-corrected chi connectivity index (χ0v) is 21.7. The van der Waals surface area contributed by atoms with Crippen LogP contribution >= 0.6 is 0 Å². The van der Waals surface area contributed by atoms with Gasteiger partial charge in [0.25, 0.3) is 0 Å². The SMILES string of the molecule is COc1ccc2c(c1)CCN(c1ccc(F)cc1)C2(C)c1ccc(/C=C/c2nnc(CC(C)C)o2)cc1. The number of methoxy groups -OCH3 is 1. The van der Waals surface area contributed by atoms with E-state index in [9.17, 15) is 4.39 Å². The van der Waals surface area contributed by atoms with E-state index < -0.39 is 5.54 Å². The monoisotopic (exact) mass is 497 g/mol. The maximum Gasteiger partial charge on any atom is 0.240 e. The Kier molecular flexibility index (Phi) is 6.83. The molecule has 1 atom stereocenters. The van der Waals surface area contributed by atoms with Crippen LogP contribution in [0.5, 0.6) is 5.75 Å². The molecule has 3 aromatic carbocycles. The molecule has 190 valence electrons. The Morgan fingerprint density at radius 1 is 1.03 bits per heavy atom. The number of hydrogen-bond acceptors (Lipinski definition) is 5. The molecule has 0 radical (unpaired) electrons. The van der Waals surface area contributed by atoms with Crippen molar-refractivity contribution in [2.75, 3.05) is 18.6 Å². The molecule has 37 heavy (non-hydrogen) atoms. The summed E-state index contributed by atoms with van der Waals surface area (Å²) < 4.78 is 25.0. The topological polar surface area (TPSA) is 51.4 Å². The minimum Gasteiger partial charge on any atom is -0.497 e. The van der Waals surface area contributed by atoms with E-state index in [0.717, 1.165) is 42.0 Å². The van der Waals surface area contributed by atoms with Crippen molar-refractivity contribution >= 4 is 17.8 Å². The molecule has 0 amide bonds. The quantitative estimate of drug-likeness (QED) is 0.278. The van der Waals surface area contributed by atoms with Crippen molar-refractivity contribution in [1.82, 2.24) is 10.2 Å². The molecule has 5 rings (SSSR count). The number of benzene rings is 3. The number of aromatic nitrogens is 2. The lowest BCUT2D eigenvalue weighted by molar-refractivity contribution is 0.411. The fraction of sp³-hybridized carbons (Fsp3) is 0.290. The highest BCUT2D eigenvalue weighted by atomic mass is 19.1. The number of anilines is 1. The van der Waals surface area contributed by atoms with E-state index in [1.807, 2.05) is 30.4 Å². The first-order valence-electron chi connectivity index (χ1n) is 12.7. The molecule has 0 spiro atoms. The van der Waals surface area contributed by atoms with Gasteiger partial charge in [-0.3, -0.25) is 0 Å². The summed E-state index contributed by atoms with van der Waals surface area (Å²) >= 11 is 0. The first-order valence-corrected chi connectivity index (χ1v) is 12.7. The lowest BCUT2D eigenvalue weighted by Gasteiger charge is -2.48. The van der Waals surface area contributed by atoms with Crippen LogP contribution in [0.25, 0.3) is 12.2 Å². The van der Waals surface area contributed by atoms with Gasteiger partial charge in [-0.25, -0.2) is 4.39 Å². The van der Waals surface area contributed by atoms with Gasteiger partial charge in [-0.15, -0.1) is 10.2 Å². The summed E-state index contributed by atoms with van der Waals surface area (Å²) in [5, 5.41) is 8.25. The Bertz CT molecular complexity index is 1390. The second kappa shape index (κ2) is 10.2. The number of hydrogen-bond donors (Lipinski definition) is 0. The molecule has 2 heterocycles. The molecule has 5 nitrogen and oxygen atoms in total. The molecule has 0 aliphatic carbocycles. The van der Waals surface area contributed by atoms with E-state index in [2.05, 4.69) is 72.3 Å². The normalized spacial score (nSPS) is 17.4. The third kappa shape index (κ3) is 5.01. The molecular weight excluding hydrogens is 465 g/mol. The standard InChI is InChI=1S/C31H32FN3O2/c1-21(2)19-30-34-33-29(37-30)16-7-22-5-8-24(9-6-22)31(3)28-15-14-27(36-4)20-23(28)17-18-35(31)26-12-10-25(32)11-13-26/h5-16,20-21H,17-19H2,1-4H3/b16-7+. The minimum absolute atomic E-state index is 0.235. The van der Waals surface area contributed by atoms with E-state index in [1.165, 1.54) is 23.3 Å². The molecule has 6 heteroatoms. The zero-order chi connectivity index (χ0) is 26.0. The summed E-state index contributed by atoms with van der Waals surface area (Å²) in [5.74, 6) is 2.25. The first kappa shape index (κ1) is 24.8. The predicted octanol–water partition coefficient (Wildman–Crippen LogP) is 6.91. The second-order valence-corrected chi connectivity index (χ2v) is 10.1. The smallest absolute Gasteiger partial charge is 0.240 e. The highest BCUT2D eigenvalue weighted by molar-refractivity contribution is 5.67. The summed E-state index contributed by atoms with van der Waals surface area (Å²) in [4.78, 5) is 2.36. The molecule has 0 saturated heterocycles. The Hall–Kier alpha value is -3.93. The molecule has 1 aromatic heterocycles. The Labute approximate surface area is 217 Å². The summed E-state index contributed by atoms with van der Waals surface area (Å²) in [5.41, 5.74) is 5.21. The highest BCUT2D eigenvalue weighted by Gasteiger charge is 2.40. The number of nitrogens with zero attached hydrogens (tertiary/aromatic N) is 3. The molecule has 0 N–H and O–H groups in total. The molecule has 0 bridgehead atoms. The van der Waals surface area contributed by atoms with E-state index in [1.54, 1.807) is 7.11 Å². The largest absolute Gasteiger partial charge is 0.497 e. The van der Waals surface area contributed by atoms with Crippen LogP contribution in [0, 0.1) is 11.7 Å². The van der Waals surface area contributed by atoms with Crippen LogP contribution in [0.2, 0.25) is 0 Å². The van der Waals surface area contributed by atoms with Crippen molar-refractivity contribution in [1.29, 1.82) is 0 Å². The summed E-state index contributed by atoms with van der Waals surface area (Å²) in [7, 11) is 1.69. The van der Waals surface area contributed by atoms with Gasteiger partial charge in [-0.2, -0.15) is 0 Å².